The van der Waals surface area contributed by atoms with Crippen molar-refractivity contribution in [1.29, 1.82) is 0 Å². The predicted octanol–water partition coefficient (Wildman–Crippen LogP) is 3.88. The van der Waals surface area contributed by atoms with Crippen LogP contribution in [0.25, 0.3) is 0 Å². The molecule has 29 heavy (non-hydrogen) atoms. The molecule has 10 heteroatoms. The van der Waals surface area contributed by atoms with Crippen LogP contribution < -0.4 is 10.0 Å². The van der Waals surface area contributed by atoms with Crippen molar-refractivity contribution >= 4 is 125 Å². The molecule has 0 atom stereocenters. The number of halogens is 5. The molecule has 1 rings (SSSR count). The Balaban J connectivity index is 0. The van der Waals surface area contributed by atoms with E-state index in [1.54, 1.807) is 19.0 Å². The largest absolute Gasteiger partial charge is 0.545 e. The van der Waals surface area contributed by atoms with Crippen molar-refractivity contribution in [3.63, 3.8) is 0 Å². The van der Waals surface area contributed by atoms with Crippen LogP contribution in [-0.2, 0) is 4.79 Å². The third-order valence-corrected chi connectivity index (χ3v) is 13.0. The Labute approximate surface area is 243 Å². The van der Waals surface area contributed by atoms with Crippen molar-refractivity contribution in [3.8, 4) is 0 Å². The first-order valence-electron chi connectivity index (χ1n) is 9.17. The lowest BCUT2D eigenvalue weighted by Crippen LogP contribution is -3.11. The average Bonchev–Trinajstić information content (AvgIpc) is 2.66. The molecule has 1 amide bonds. The van der Waals surface area contributed by atoms with Crippen LogP contribution in [0.15, 0.2) is 0 Å². The molecule has 0 radical (unpaired) electrons. The molecule has 0 saturated heterocycles. The van der Waals surface area contributed by atoms with E-state index in [4.69, 9.17) is 0 Å². The number of aromatic carboxylic acids is 1. The summed E-state index contributed by atoms with van der Waals surface area (Å²) in [5, 5.41) is 10.9. The fourth-order valence-electron chi connectivity index (χ4n) is 2.22. The first-order chi connectivity index (χ1) is 13.5. The van der Waals surface area contributed by atoms with Crippen LogP contribution >= 0.6 is 113 Å². The number of hydrogen-bond acceptors (Lipinski definition) is 3. The zero-order valence-corrected chi connectivity index (χ0v) is 28.2. The van der Waals surface area contributed by atoms with Gasteiger partial charge in [-0.3, -0.25) is 4.79 Å². The summed E-state index contributed by atoms with van der Waals surface area (Å²) in [4.78, 5) is 23.6. The highest BCUT2D eigenvalue weighted by Gasteiger charge is 2.17. The normalized spacial score (nSPS) is 9.90. The third-order valence-electron chi connectivity index (χ3n) is 3.44. The predicted molar refractivity (Wildman–Crippen MR) is 161 cm³/mol. The maximum Gasteiger partial charge on any atom is 0.209 e. The van der Waals surface area contributed by atoms with Crippen molar-refractivity contribution in [1.82, 2.24) is 4.90 Å². The highest BCUT2D eigenvalue weighted by molar-refractivity contribution is 14.1. The first-order valence-corrected chi connectivity index (χ1v) is 14.6. The van der Waals surface area contributed by atoms with E-state index >= 15 is 0 Å². The lowest BCUT2D eigenvalue weighted by molar-refractivity contribution is -0.900. The Morgan fingerprint density at radius 2 is 1.10 bits per heavy atom. The minimum atomic E-state index is -1.11. The standard InChI is InChI=1S/C9H21N.C7HI5O2.C3H7NO/c1-4-7-10(8-5-2)9-6-3;8-2-1(7(13)14)3(9)5(11)6(12)4(2)10;1-4(2)3-5/h4-9H2,1-3H3;(H,13,14);3H,1-2H3. The number of quaternary nitrogens is 1. The smallest absolute Gasteiger partial charge is 0.209 e. The van der Waals surface area contributed by atoms with Crippen molar-refractivity contribution in [2.45, 2.75) is 40.0 Å². The van der Waals surface area contributed by atoms with Crippen molar-refractivity contribution in [2.24, 2.45) is 0 Å². The number of nitrogens with one attached hydrogen (secondary N) is 1. The summed E-state index contributed by atoms with van der Waals surface area (Å²) in [5.74, 6) is -1.11. The molecule has 168 valence electrons. The third kappa shape index (κ3) is 13.8. The molecule has 0 aliphatic rings. The van der Waals surface area contributed by atoms with E-state index in [0.29, 0.717) is 5.56 Å². The number of rotatable bonds is 8. The van der Waals surface area contributed by atoms with Gasteiger partial charge in [0.2, 0.25) is 6.41 Å². The lowest BCUT2D eigenvalue weighted by atomic mass is 10.2. The van der Waals surface area contributed by atoms with E-state index in [0.717, 1.165) is 24.3 Å². The Kier molecular flexibility index (Phi) is 21.9. The van der Waals surface area contributed by atoms with Crippen LogP contribution in [0, 0.1) is 17.9 Å². The molecule has 1 aromatic carbocycles. The second-order valence-electron chi connectivity index (χ2n) is 6.30. The summed E-state index contributed by atoms with van der Waals surface area (Å²) in [6.45, 7) is 10.9. The van der Waals surface area contributed by atoms with Gasteiger partial charge in [-0.1, -0.05) is 20.8 Å². The molecule has 1 aromatic rings. The lowest BCUT2D eigenvalue weighted by Gasteiger charge is -2.16. The zero-order chi connectivity index (χ0) is 23.1. The maximum absolute atomic E-state index is 10.9. The topological polar surface area (TPSA) is 64.9 Å². The Hall–Kier alpha value is 1.77. The van der Waals surface area contributed by atoms with Crippen LogP contribution in [0.5, 0.6) is 0 Å². The number of hydrogen-bond donors (Lipinski definition) is 1. The van der Waals surface area contributed by atoms with Crippen LogP contribution in [0.3, 0.4) is 0 Å². The van der Waals surface area contributed by atoms with Crippen molar-refractivity contribution < 1.29 is 19.6 Å². The second-order valence-corrected chi connectivity index (χ2v) is 11.7. The van der Waals surface area contributed by atoms with Gasteiger partial charge in [0.05, 0.1) is 25.6 Å². The fourth-order valence-corrected chi connectivity index (χ4v) is 7.42. The van der Waals surface area contributed by atoms with Gasteiger partial charge in [0.1, 0.15) is 0 Å². The van der Waals surface area contributed by atoms with Crippen LogP contribution in [-0.4, -0.2) is 51.0 Å². The Morgan fingerprint density at radius 1 is 0.828 bits per heavy atom. The van der Waals surface area contributed by atoms with Crippen molar-refractivity contribution in [2.75, 3.05) is 33.7 Å². The van der Waals surface area contributed by atoms with Crippen LogP contribution in [0.4, 0.5) is 0 Å². The zero-order valence-electron chi connectivity index (χ0n) is 17.4. The minimum absolute atomic E-state index is 0.306. The van der Waals surface area contributed by atoms with Gasteiger partial charge < -0.3 is 19.7 Å². The van der Waals surface area contributed by atoms with E-state index in [1.807, 2.05) is 45.2 Å². The van der Waals surface area contributed by atoms with Crippen molar-refractivity contribution in [3.05, 3.63) is 23.4 Å². The van der Waals surface area contributed by atoms with Gasteiger partial charge in [-0.25, -0.2) is 0 Å². The number of amides is 1. The minimum Gasteiger partial charge on any atom is -0.545 e. The number of nitrogens with zero attached hydrogens (tertiary/aromatic N) is 1. The molecule has 0 unspecified atom stereocenters. The Morgan fingerprint density at radius 3 is 1.31 bits per heavy atom. The number of carbonyl (C=O) groups is 2. The maximum atomic E-state index is 10.9. The number of carboxylic acid groups (broad SMARTS) is 1. The summed E-state index contributed by atoms with van der Waals surface area (Å²) in [6.07, 6.45) is 4.74. The summed E-state index contributed by atoms with van der Waals surface area (Å²) in [7, 11) is 3.38. The van der Waals surface area contributed by atoms with E-state index in [-0.39, 0.29) is 0 Å². The molecule has 0 bridgehead atoms. The molecule has 1 N–H and O–H groups in total. The molecule has 0 spiro atoms. The first kappa shape index (κ1) is 32.9. The van der Waals surface area contributed by atoms with Gasteiger partial charge in [-0.15, -0.1) is 0 Å². The molecule has 0 fully saturated rings. The van der Waals surface area contributed by atoms with E-state index in [2.05, 4.69) is 88.5 Å². The number of carbonyl (C=O) groups excluding carboxylic acids is 2. The summed E-state index contributed by atoms with van der Waals surface area (Å²) < 4.78 is 4.58. The number of carboxylic acids is 1. The van der Waals surface area contributed by atoms with E-state index in [1.165, 1.54) is 43.8 Å². The quantitative estimate of drug-likeness (QED) is 0.187. The highest BCUT2D eigenvalue weighted by Crippen LogP contribution is 2.33. The summed E-state index contributed by atoms with van der Waals surface area (Å²) >= 11 is 10.6. The van der Waals surface area contributed by atoms with Crippen LogP contribution in [0.1, 0.15) is 50.4 Å². The van der Waals surface area contributed by atoms with Gasteiger partial charge >= 0.3 is 0 Å². The highest BCUT2D eigenvalue weighted by atomic mass is 127. The Bertz CT molecular complexity index is 599. The number of benzene rings is 1. The van der Waals surface area contributed by atoms with E-state index in [9.17, 15) is 14.7 Å². The molecule has 0 aliphatic carbocycles. The molecular weight excluding hydrogens is 939 g/mol. The molecule has 0 saturated carbocycles. The van der Waals surface area contributed by atoms with Gasteiger partial charge in [0.25, 0.3) is 0 Å². The molecular formula is C19H29I5N2O3. The van der Waals surface area contributed by atoms with Gasteiger partial charge in [0, 0.05) is 37.5 Å². The van der Waals surface area contributed by atoms with E-state index < -0.39 is 5.97 Å². The van der Waals surface area contributed by atoms with Gasteiger partial charge in [0.15, 0.2) is 0 Å². The van der Waals surface area contributed by atoms with Crippen LogP contribution in [0.2, 0.25) is 0 Å². The summed E-state index contributed by atoms with van der Waals surface area (Å²) in [6, 6.07) is 0. The monoisotopic (exact) mass is 968 g/mol. The molecule has 5 nitrogen and oxygen atoms in total. The average molecular weight is 968 g/mol. The molecule has 0 aromatic heterocycles. The van der Waals surface area contributed by atoms with Gasteiger partial charge in [-0.05, 0) is 132 Å². The second kappa shape index (κ2) is 19.3. The van der Waals surface area contributed by atoms with Gasteiger partial charge in [-0.2, -0.15) is 0 Å². The summed E-state index contributed by atoms with van der Waals surface area (Å²) in [5.41, 5.74) is 0.306. The molecule has 0 aliphatic heterocycles. The SMILES string of the molecule is CCC[NH+](CCC)CCC.CN(C)C=O.O=C([O-])c1c(I)c(I)c(I)c(I)c1I. The fraction of sp³-hybridized carbons (Fsp3) is 0.579. The molecule has 0 heterocycles.